The third kappa shape index (κ3) is 3.04. The highest BCUT2D eigenvalue weighted by Crippen LogP contribution is 2.46. The van der Waals surface area contributed by atoms with Gasteiger partial charge in [-0.2, -0.15) is 0 Å². The zero-order valence-corrected chi connectivity index (χ0v) is 15.7. The predicted octanol–water partition coefficient (Wildman–Crippen LogP) is 5.18. The number of hydrogen-bond donors (Lipinski definition) is 3. The number of hydrogen-bond acceptors (Lipinski definition) is 6. The summed E-state index contributed by atoms with van der Waals surface area (Å²) in [6.45, 7) is 0. The van der Waals surface area contributed by atoms with E-state index in [4.69, 9.17) is 11.5 Å². The molecular weight excluding hydrogens is 366 g/mol. The highest BCUT2D eigenvalue weighted by atomic mass is 32.2. The second-order valence-electron chi connectivity index (χ2n) is 6.60. The average Bonchev–Trinajstić information content (AvgIpc) is 2.72. The first-order chi connectivity index (χ1) is 13.7. The van der Waals surface area contributed by atoms with Crippen LogP contribution in [0.15, 0.2) is 82.8 Å². The smallest absolute Gasteiger partial charge is 0.0704 e. The molecule has 0 saturated carbocycles. The van der Waals surface area contributed by atoms with Gasteiger partial charge in [-0.05, 0) is 48.5 Å². The van der Waals surface area contributed by atoms with E-state index in [2.05, 4.69) is 51.7 Å². The van der Waals surface area contributed by atoms with Crippen LogP contribution in [0.2, 0.25) is 0 Å². The van der Waals surface area contributed by atoms with E-state index < -0.39 is 0 Å². The maximum atomic E-state index is 5.75. The van der Waals surface area contributed by atoms with Crippen LogP contribution in [0.3, 0.4) is 0 Å². The Labute approximate surface area is 166 Å². The SMILES string of the molecule is Nc1ccc(-c2ccc3c(c2)Nc2cc(-c4ccc(N)cn4)ccc2S3)nc1. The van der Waals surface area contributed by atoms with E-state index in [-0.39, 0.29) is 0 Å². The molecule has 2 aromatic carbocycles. The van der Waals surface area contributed by atoms with Crippen molar-refractivity contribution in [2.45, 2.75) is 9.79 Å². The molecule has 5 nitrogen and oxygen atoms in total. The van der Waals surface area contributed by atoms with Crippen molar-refractivity contribution in [1.29, 1.82) is 0 Å². The molecule has 0 atom stereocenters. The number of aromatic nitrogens is 2. The Morgan fingerprint density at radius 2 is 1.14 bits per heavy atom. The molecule has 0 radical (unpaired) electrons. The van der Waals surface area contributed by atoms with Crippen LogP contribution < -0.4 is 16.8 Å². The minimum atomic E-state index is 0.660. The monoisotopic (exact) mass is 383 g/mol. The predicted molar refractivity (Wildman–Crippen MR) is 116 cm³/mol. The minimum Gasteiger partial charge on any atom is -0.397 e. The highest BCUT2D eigenvalue weighted by molar-refractivity contribution is 7.99. The molecule has 0 fully saturated rings. The Hall–Kier alpha value is -3.51. The van der Waals surface area contributed by atoms with Crippen LogP contribution in [-0.4, -0.2) is 9.97 Å². The maximum absolute atomic E-state index is 5.75. The van der Waals surface area contributed by atoms with E-state index in [0.717, 1.165) is 33.9 Å². The van der Waals surface area contributed by atoms with Crippen LogP contribution in [0.1, 0.15) is 0 Å². The largest absolute Gasteiger partial charge is 0.397 e. The highest BCUT2D eigenvalue weighted by Gasteiger charge is 2.17. The summed E-state index contributed by atoms with van der Waals surface area (Å²) in [5, 5.41) is 3.56. The molecule has 2 aromatic heterocycles. The summed E-state index contributed by atoms with van der Waals surface area (Å²) in [4.78, 5) is 11.2. The van der Waals surface area contributed by atoms with Crippen molar-refractivity contribution in [2.24, 2.45) is 0 Å². The van der Waals surface area contributed by atoms with Crippen LogP contribution in [0, 0.1) is 0 Å². The van der Waals surface area contributed by atoms with Crippen molar-refractivity contribution in [1.82, 2.24) is 9.97 Å². The molecule has 1 aliphatic rings. The van der Waals surface area contributed by atoms with Crippen LogP contribution in [0.5, 0.6) is 0 Å². The lowest BCUT2D eigenvalue weighted by Gasteiger charge is -2.22. The lowest BCUT2D eigenvalue weighted by atomic mass is 10.1. The Kier molecular flexibility index (Phi) is 3.91. The van der Waals surface area contributed by atoms with Gasteiger partial charge < -0.3 is 16.8 Å². The molecule has 28 heavy (non-hydrogen) atoms. The Morgan fingerprint density at radius 1 is 0.643 bits per heavy atom. The molecule has 0 bridgehead atoms. The normalized spacial score (nSPS) is 12.0. The summed E-state index contributed by atoms with van der Waals surface area (Å²) >= 11 is 1.75. The van der Waals surface area contributed by atoms with Crippen molar-refractivity contribution >= 4 is 34.5 Å². The molecule has 4 aromatic rings. The molecule has 0 spiro atoms. The molecule has 136 valence electrons. The third-order valence-electron chi connectivity index (χ3n) is 4.61. The summed E-state index contributed by atoms with van der Waals surface area (Å²) in [6.07, 6.45) is 3.36. The molecule has 0 unspecified atom stereocenters. The molecular formula is C22H17N5S. The Morgan fingerprint density at radius 3 is 1.57 bits per heavy atom. The molecule has 3 heterocycles. The van der Waals surface area contributed by atoms with Crippen molar-refractivity contribution in [2.75, 3.05) is 16.8 Å². The molecule has 1 aliphatic heterocycles. The van der Waals surface area contributed by atoms with Gasteiger partial charge in [-0.3, -0.25) is 9.97 Å². The zero-order chi connectivity index (χ0) is 19.1. The summed E-state index contributed by atoms with van der Waals surface area (Å²) in [7, 11) is 0. The van der Waals surface area contributed by atoms with Gasteiger partial charge in [-0.25, -0.2) is 0 Å². The summed E-state index contributed by atoms with van der Waals surface area (Å²) in [5.74, 6) is 0. The van der Waals surface area contributed by atoms with Crippen LogP contribution in [-0.2, 0) is 0 Å². The second kappa shape index (κ2) is 6.58. The van der Waals surface area contributed by atoms with E-state index >= 15 is 0 Å². The van der Waals surface area contributed by atoms with Gasteiger partial charge in [-0.15, -0.1) is 0 Å². The quantitative estimate of drug-likeness (QED) is 0.389. The van der Waals surface area contributed by atoms with Gasteiger partial charge in [0.25, 0.3) is 0 Å². The van der Waals surface area contributed by atoms with Crippen molar-refractivity contribution in [3.8, 4) is 22.5 Å². The van der Waals surface area contributed by atoms with E-state index in [1.165, 1.54) is 9.79 Å². The average molecular weight is 383 g/mol. The lowest BCUT2D eigenvalue weighted by Crippen LogP contribution is -2.01. The third-order valence-corrected chi connectivity index (χ3v) is 5.76. The van der Waals surface area contributed by atoms with Crippen molar-refractivity contribution in [3.63, 3.8) is 0 Å². The number of rotatable bonds is 2. The summed E-state index contributed by atoms with van der Waals surface area (Å²) < 4.78 is 0. The molecule has 6 heteroatoms. The van der Waals surface area contributed by atoms with Crippen molar-refractivity contribution in [3.05, 3.63) is 73.1 Å². The molecule has 5 rings (SSSR count). The second-order valence-corrected chi connectivity index (χ2v) is 7.69. The van der Waals surface area contributed by atoms with E-state index in [1.807, 2.05) is 24.3 Å². The maximum Gasteiger partial charge on any atom is 0.0704 e. The molecule has 0 aliphatic carbocycles. The Bertz CT molecular complexity index is 1080. The number of nitrogen functional groups attached to an aromatic ring is 2. The topological polar surface area (TPSA) is 89.8 Å². The Balaban J connectivity index is 1.49. The van der Waals surface area contributed by atoms with Gasteiger partial charge in [0.05, 0.1) is 46.5 Å². The minimum absolute atomic E-state index is 0.660. The standard InChI is InChI=1S/C22H17N5S/c23-15-3-5-17(25-11-15)13-1-7-21-19(9-13)27-20-10-14(2-8-22(20)28-21)18-6-4-16(24)12-26-18/h1-12,27H,23-24H2. The number of pyridine rings is 2. The van der Waals surface area contributed by atoms with Crippen LogP contribution >= 0.6 is 11.8 Å². The molecule has 0 amide bonds. The molecule has 0 saturated heterocycles. The van der Waals surface area contributed by atoms with Gasteiger partial charge >= 0.3 is 0 Å². The first-order valence-electron chi connectivity index (χ1n) is 8.82. The van der Waals surface area contributed by atoms with Gasteiger partial charge in [0, 0.05) is 20.9 Å². The van der Waals surface area contributed by atoms with E-state index in [0.29, 0.717) is 11.4 Å². The van der Waals surface area contributed by atoms with Gasteiger partial charge in [0.2, 0.25) is 0 Å². The van der Waals surface area contributed by atoms with Gasteiger partial charge in [0.1, 0.15) is 0 Å². The van der Waals surface area contributed by atoms with E-state index in [1.54, 1.807) is 24.2 Å². The number of anilines is 4. The fraction of sp³-hybridized carbons (Fsp3) is 0. The fourth-order valence-corrected chi connectivity index (χ4v) is 4.12. The first kappa shape index (κ1) is 16.6. The summed E-state index contributed by atoms with van der Waals surface area (Å²) in [5.41, 5.74) is 18.8. The summed E-state index contributed by atoms with van der Waals surface area (Å²) in [6, 6.07) is 20.3. The van der Waals surface area contributed by atoms with Crippen LogP contribution in [0.25, 0.3) is 22.5 Å². The van der Waals surface area contributed by atoms with E-state index in [9.17, 15) is 0 Å². The van der Waals surface area contributed by atoms with Gasteiger partial charge in [-0.1, -0.05) is 23.9 Å². The van der Waals surface area contributed by atoms with Crippen LogP contribution in [0.4, 0.5) is 22.7 Å². The number of nitrogens with zero attached hydrogens (tertiary/aromatic N) is 2. The zero-order valence-electron chi connectivity index (χ0n) is 14.9. The fourth-order valence-electron chi connectivity index (χ4n) is 3.17. The van der Waals surface area contributed by atoms with Gasteiger partial charge in [0.15, 0.2) is 0 Å². The number of benzene rings is 2. The number of fused-ring (bicyclic) bond motifs is 2. The van der Waals surface area contributed by atoms with Crippen molar-refractivity contribution < 1.29 is 0 Å². The first-order valence-corrected chi connectivity index (χ1v) is 9.64. The lowest BCUT2D eigenvalue weighted by molar-refractivity contribution is 1.28. The number of nitrogens with one attached hydrogen (secondary N) is 1. The number of nitrogens with two attached hydrogens (primary N) is 2. The molecule has 5 N–H and O–H groups in total.